The van der Waals surface area contributed by atoms with Gasteiger partial charge in [-0.3, -0.25) is 0 Å². The van der Waals surface area contributed by atoms with Crippen molar-refractivity contribution in [3.05, 3.63) is 5.82 Å². The Morgan fingerprint density at radius 1 is 1.21 bits per heavy atom. The molecule has 0 bridgehead atoms. The molecule has 6 heteroatoms. The number of nitrogens with zero attached hydrogens (tertiary/aromatic N) is 4. The monoisotopic (exact) mass is 285 g/mol. The number of tetrazole rings is 1. The minimum absolute atomic E-state index is 0.212. The molecule has 1 heterocycles. The molecule has 0 radical (unpaired) electrons. The molecule has 0 aliphatic rings. The minimum Gasteiger partial charge on any atom is -0.307 e. The first kappa shape index (κ1) is 16.4. The van der Waals surface area contributed by atoms with Gasteiger partial charge in [-0.25, -0.2) is 4.68 Å². The van der Waals surface area contributed by atoms with Gasteiger partial charge in [0.05, 0.1) is 6.04 Å². The molecule has 110 valence electrons. The van der Waals surface area contributed by atoms with Crippen LogP contribution in [-0.4, -0.2) is 38.8 Å². The molecular weight excluding hydrogens is 258 g/mol. The third kappa shape index (κ3) is 6.38. The molecule has 1 atom stereocenters. The Balaban J connectivity index is 2.36. The van der Waals surface area contributed by atoms with E-state index in [1.54, 1.807) is 0 Å². The number of hydrogen-bond acceptors (Lipinski definition) is 5. The third-order valence-electron chi connectivity index (χ3n) is 3.00. The Bertz CT molecular complexity index is 340. The van der Waals surface area contributed by atoms with E-state index < -0.39 is 0 Å². The summed E-state index contributed by atoms with van der Waals surface area (Å²) in [6, 6.07) is 0.212. The molecule has 1 aromatic rings. The molecule has 0 spiro atoms. The average molecular weight is 285 g/mol. The van der Waals surface area contributed by atoms with E-state index in [4.69, 9.17) is 0 Å². The highest BCUT2D eigenvalue weighted by Gasteiger charge is 2.13. The number of unbranched alkanes of at least 4 members (excludes halogenated alkanes) is 2. The van der Waals surface area contributed by atoms with Crippen molar-refractivity contribution in [2.75, 3.05) is 18.6 Å². The lowest BCUT2D eigenvalue weighted by atomic mass is 10.2. The summed E-state index contributed by atoms with van der Waals surface area (Å²) in [5.41, 5.74) is 0. The lowest BCUT2D eigenvalue weighted by Crippen LogP contribution is -2.26. The molecule has 5 nitrogen and oxygen atoms in total. The fourth-order valence-corrected chi connectivity index (χ4v) is 2.36. The molecule has 0 aliphatic carbocycles. The van der Waals surface area contributed by atoms with E-state index in [-0.39, 0.29) is 6.04 Å². The van der Waals surface area contributed by atoms with Crippen molar-refractivity contribution in [1.29, 1.82) is 0 Å². The van der Waals surface area contributed by atoms with E-state index in [0.717, 1.165) is 25.3 Å². The number of aromatic nitrogens is 4. The predicted molar refractivity (Wildman–Crippen MR) is 81.3 cm³/mol. The smallest absolute Gasteiger partial charge is 0.167 e. The van der Waals surface area contributed by atoms with E-state index >= 15 is 0 Å². The van der Waals surface area contributed by atoms with Crippen molar-refractivity contribution in [2.45, 2.75) is 52.6 Å². The molecule has 1 unspecified atom stereocenters. The van der Waals surface area contributed by atoms with Gasteiger partial charge >= 0.3 is 0 Å². The van der Waals surface area contributed by atoms with E-state index in [2.05, 4.69) is 47.9 Å². The maximum absolute atomic E-state index is 4.14. The molecule has 19 heavy (non-hydrogen) atoms. The summed E-state index contributed by atoms with van der Waals surface area (Å²) >= 11 is 1.91. The second kappa shape index (κ2) is 9.31. The largest absolute Gasteiger partial charge is 0.307 e. The van der Waals surface area contributed by atoms with Gasteiger partial charge in [0.2, 0.25) is 0 Å². The van der Waals surface area contributed by atoms with E-state index in [9.17, 15) is 0 Å². The van der Waals surface area contributed by atoms with Gasteiger partial charge in [0, 0.05) is 6.54 Å². The normalized spacial score (nSPS) is 13.1. The lowest BCUT2D eigenvalue weighted by molar-refractivity contribution is 0.444. The van der Waals surface area contributed by atoms with Gasteiger partial charge in [-0.05, 0) is 54.7 Å². The Kier molecular flexibility index (Phi) is 8.05. The van der Waals surface area contributed by atoms with Crippen molar-refractivity contribution >= 4 is 11.8 Å². The van der Waals surface area contributed by atoms with Crippen LogP contribution in [0.1, 0.15) is 51.9 Å². The van der Waals surface area contributed by atoms with Crippen LogP contribution in [0.4, 0.5) is 0 Å². The lowest BCUT2D eigenvalue weighted by Gasteiger charge is -2.15. The molecule has 1 N–H and O–H groups in total. The van der Waals surface area contributed by atoms with Crippen LogP contribution in [0.15, 0.2) is 0 Å². The third-order valence-corrected chi connectivity index (χ3v) is 3.69. The van der Waals surface area contributed by atoms with Crippen molar-refractivity contribution in [2.24, 2.45) is 5.92 Å². The zero-order chi connectivity index (χ0) is 14.1. The first-order chi connectivity index (χ1) is 9.15. The molecule has 0 saturated carbocycles. The Hall–Kier alpha value is -0.620. The molecule has 0 amide bonds. The van der Waals surface area contributed by atoms with Crippen molar-refractivity contribution < 1.29 is 0 Å². The highest BCUT2D eigenvalue weighted by atomic mass is 32.2. The van der Waals surface area contributed by atoms with Crippen LogP contribution in [-0.2, 0) is 6.54 Å². The van der Waals surface area contributed by atoms with Crippen LogP contribution in [0.3, 0.4) is 0 Å². The SMILES string of the molecule is CSCCCCCn1nnnc1C(C)NCC(C)C. The summed E-state index contributed by atoms with van der Waals surface area (Å²) in [5, 5.41) is 15.5. The standard InChI is InChI=1S/C13H27N5S/c1-11(2)10-14-12(3)13-15-16-17-18(13)8-6-5-7-9-19-4/h11-12,14H,5-10H2,1-4H3. The van der Waals surface area contributed by atoms with Crippen LogP contribution in [0.2, 0.25) is 0 Å². The van der Waals surface area contributed by atoms with Crippen LogP contribution in [0, 0.1) is 5.92 Å². The van der Waals surface area contributed by atoms with E-state index in [0.29, 0.717) is 5.92 Å². The average Bonchev–Trinajstić information content (AvgIpc) is 2.84. The molecule has 1 rings (SSSR count). The molecule has 0 saturated heterocycles. The predicted octanol–water partition coefficient (Wildman–Crippen LogP) is 2.51. The highest BCUT2D eigenvalue weighted by molar-refractivity contribution is 7.98. The fourth-order valence-electron chi connectivity index (χ4n) is 1.87. The van der Waals surface area contributed by atoms with Gasteiger partial charge in [-0.15, -0.1) is 5.10 Å². The number of nitrogens with one attached hydrogen (secondary N) is 1. The van der Waals surface area contributed by atoms with Crippen molar-refractivity contribution in [3.8, 4) is 0 Å². The minimum atomic E-state index is 0.212. The summed E-state index contributed by atoms with van der Waals surface area (Å²) < 4.78 is 1.94. The topological polar surface area (TPSA) is 55.6 Å². The summed E-state index contributed by atoms with van der Waals surface area (Å²) in [7, 11) is 0. The van der Waals surface area contributed by atoms with Crippen LogP contribution < -0.4 is 5.32 Å². The number of thioether (sulfide) groups is 1. The quantitative estimate of drug-likeness (QED) is 0.669. The van der Waals surface area contributed by atoms with Crippen LogP contribution >= 0.6 is 11.8 Å². The highest BCUT2D eigenvalue weighted by Crippen LogP contribution is 2.10. The zero-order valence-electron chi connectivity index (χ0n) is 12.6. The summed E-state index contributed by atoms with van der Waals surface area (Å²) in [5.74, 6) is 2.83. The first-order valence-corrected chi connectivity index (χ1v) is 8.53. The van der Waals surface area contributed by atoms with Crippen molar-refractivity contribution in [3.63, 3.8) is 0 Å². The summed E-state index contributed by atoms with van der Waals surface area (Å²) in [6.07, 6.45) is 5.82. The fraction of sp³-hybridized carbons (Fsp3) is 0.923. The van der Waals surface area contributed by atoms with Gasteiger partial charge < -0.3 is 5.32 Å². The Labute approximate surface area is 120 Å². The zero-order valence-corrected chi connectivity index (χ0v) is 13.4. The Morgan fingerprint density at radius 2 is 2.00 bits per heavy atom. The van der Waals surface area contributed by atoms with E-state index in [1.807, 2.05) is 16.4 Å². The van der Waals surface area contributed by atoms with E-state index in [1.165, 1.54) is 18.6 Å². The molecule has 0 fully saturated rings. The van der Waals surface area contributed by atoms with Gasteiger partial charge in [-0.2, -0.15) is 11.8 Å². The van der Waals surface area contributed by atoms with Gasteiger partial charge in [0.1, 0.15) is 0 Å². The molecule has 0 aliphatic heterocycles. The Morgan fingerprint density at radius 3 is 2.68 bits per heavy atom. The number of rotatable bonds is 10. The molecule has 0 aromatic carbocycles. The maximum Gasteiger partial charge on any atom is 0.167 e. The van der Waals surface area contributed by atoms with Crippen molar-refractivity contribution in [1.82, 2.24) is 25.5 Å². The first-order valence-electron chi connectivity index (χ1n) is 7.13. The van der Waals surface area contributed by atoms with Gasteiger partial charge in [0.25, 0.3) is 0 Å². The molecular formula is C13H27N5S. The number of hydrogen-bond donors (Lipinski definition) is 1. The second-order valence-electron chi connectivity index (χ2n) is 5.34. The van der Waals surface area contributed by atoms with Crippen LogP contribution in [0.5, 0.6) is 0 Å². The summed E-state index contributed by atoms with van der Waals surface area (Å²) in [6.45, 7) is 8.44. The van der Waals surface area contributed by atoms with Crippen LogP contribution in [0.25, 0.3) is 0 Å². The van der Waals surface area contributed by atoms with Gasteiger partial charge in [0.15, 0.2) is 5.82 Å². The molecule has 1 aromatic heterocycles. The number of aryl methyl sites for hydroxylation is 1. The second-order valence-corrected chi connectivity index (χ2v) is 6.32. The van der Waals surface area contributed by atoms with Gasteiger partial charge in [-0.1, -0.05) is 20.3 Å². The summed E-state index contributed by atoms with van der Waals surface area (Å²) in [4.78, 5) is 0. The maximum atomic E-state index is 4.14.